The van der Waals surface area contributed by atoms with Crippen LogP contribution in [0.15, 0.2) is 65.8 Å². The Labute approximate surface area is 185 Å². The van der Waals surface area contributed by atoms with E-state index >= 15 is 0 Å². The van der Waals surface area contributed by atoms with Crippen LogP contribution in [0.3, 0.4) is 0 Å². The lowest BCUT2D eigenvalue weighted by Gasteiger charge is -2.17. The number of hydrogen-bond acceptors (Lipinski definition) is 6. The molecule has 9 nitrogen and oxygen atoms in total. The highest BCUT2D eigenvalue weighted by Gasteiger charge is 2.35. The van der Waals surface area contributed by atoms with Crippen molar-refractivity contribution in [3.05, 3.63) is 60.9 Å². The van der Waals surface area contributed by atoms with Gasteiger partial charge in [0.05, 0.1) is 18.6 Å². The lowest BCUT2D eigenvalue weighted by molar-refractivity contribution is -0.132. The SMILES string of the molecule is COc1ccc2ccc(S(=O)(=O)NC3CCN(CC(=O)Nc4ccncc4)C3=O)cc2c1. The predicted molar refractivity (Wildman–Crippen MR) is 119 cm³/mol. The van der Waals surface area contributed by atoms with Gasteiger partial charge in [-0.25, -0.2) is 8.42 Å². The highest BCUT2D eigenvalue weighted by molar-refractivity contribution is 7.89. The third-order valence-corrected chi connectivity index (χ3v) is 6.69. The number of sulfonamides is 1. The molecule has 2 N–H and O–H groups in total. The number of carbonyl (C=O) groups is 2. The van der Waals surface area contributed by atoms with Gasteiger partial charge in [-0.3, -0.25) is 14.6 Å². The van der Waals surface area contributed by atoms with Crippen LogP contribution in [-0.2, 0) is 19.6 Å². The van der Waals surface area contributed by atoms with Gasteiger partial charge >= 0.3 is 0 Å². The second-order valence-corrected chi connectivity index (χ2v) is 9.10. The average molecular weight is 455 g/mol. The number of carbonyl (C=O) groups excluding carboxylic acids is 2. The molecule has 2 heterocycles. The van der Waals surface area contributed by atoms with Gasteiger partial charge in [0.1, 0.15) is 11.8 Å². The van der Waals surface area contributed by atoms with Crippen LogP contribution in [0.2, 0.25) is 0 Å². The maximum absolute atomic E-state index is 12.9. The maximum atomic E-state index is 12.9. The predicted octanol–water partition coefficient (Wildman–Crippen LogP) is 1.76. The van der Waals surface area contributed by atoms with Crippen molar-refractivity contribution in [3.8, 4) is 5.75 Å². The van der Waals surface area contributed by atoms with Crippen LogP contribution in [0.5, 0.6) is 5.75 Å². The van der Waals surface area contributed by atoms with Gasteiger partial charge in [0.15, 0.2) is 0 Å². The van der Waals surface area contributed by atoms with Gasteiger partial charge in [-0.05, 0) is 53.6 Å². The summed E-state index contributed by atoms with van der Waals surface area (Å²) in [5, 5.41) is 4.26. The first kappa shape index (κ1) is 21.7. The molecule has 0 spiro atoms. The topological polar surface area (TPSA) is 118 Å². The molecule has 1 aromatic heterocycles. The van der Waals surface area contributed by atoms with E-state index in [2.05, 4.69) is 15.0 Å². The number of pyridine rings is 1. The second-order valence-electron chi connectivity index (χ2n) is 7.38. The first-order valence-corrected chi connectivity index (χ1v) is 11.4. The quantitative estimate of drug-likeness (QED) is 0.562. The number of fused-ring (bicyclic) bond motifs is 1. The fourth-order valence-corrected chi connectivity index (χ4v) is 4.83. The Kier molecular flexibility index (Phi) is 6.06. The standard InChI is InChI=1S/C22H22N4O5S/c1-31-18-4-2-15-3-5-19(13-16(15)12-18)32(29,30)25-20-8-11-26(22(20)28)14-21(27)24-17-6-9-23-10-7-17/h2-7,9-10,12-13,20,25H,8,11,14H2,1H3,(H,23,24,27). The van der Waals surface area contributed by atoms with Crippen molar-refractivity contribution in [3.63, 3.8) is 0 Å². The van der Waals surface area contributed by atoms with Crippen molar-refractivity contribution in [1.82, 2.24) is 14.6 Å². The minimum atomic E-state index is -3.93. The highest BCUT2D eigenvalue weighted by atomic mass is 32.2. The van der Waals surface area contributed by atoms with Crippen molar-refractivity contribution in [2.75, 3.05) is 25.5 Å². The Morgan fingerprint density at radius 3 is 2.62 bits per heavy atom. The Bertz CT molecular complexity index is 1260. The Morgan fingerprint density at radius 2 is 1.88 bits per heavy atom. The van der Waals surface area contributed by atoms with E-state index < -0.39 is 22.0 Å². The van der Waals surface area contributed by atoms with Crippen molar-refractivity contribution >= 4 is 38.3 Å². The molecule has 0 aliphatic carbocycles. The molecule has 0 bridgehead atoms. The Balaban J connectivity index is 1.43. The summed E-state index contributed by atoms with van der Waals surface area (Å²) >= 11 is 0. The average Bonchev–Trinajstić information content (AvgIpc) is 3.12. The monoisotopic (exact) mass is 454 g/mol. The number of ether oxygens (including phenoxy) is 1. The number of hydrogen-bond donors (Lipinski definition) is 2. The van der Waals surface area contributed by atoms with Crippen LogP contribution >= 0.6 is 0 Å². The van der Waals surface area contributed by atoms with E-state index in [1.165, 1.54) is 18.1 Å². The van der Waals surface area contributed by atoms with Crippen molar-refractivity contribution in [2.24, 2.45) is 0 Å². The van der Waals surface area contributed by atoms with Crippen molar-refractivity contribution in [2.45, 2.75) is 17.4 Å². The molecule has 0 radical (unpaired) electrons. The number of nitrogens with one attached hydrogen (secondary N) is 2. The van der Waals surface area contributed by atoms with E-state index in [4.69, 9.17) is 4.74 Å². The van der Waals surface area contributed by atoms with Gasteiger partial charge in [-0.1, -0.05) is 12.1 Å². The van der Waals surface area contributed by atoms with E-state index in [1.807, 2.05) is 6.07 Å². The number of methoxy groups -OCH3 is 1. The molecule has 4 rings (SSSR count). The van der Waals surface area contributed by atoms with Crippen LogP contribution in [0.25, 0.3) is 10.8 Å². The number of likely N-dealkylation sites (tertiary alicyclic amines) is 1. The van der Waals surface area contributed by atoms with Crippen LogP contribution in [0.1, 0.15) is 6.42 Å². The molecule has 0 saturated carbocycles. The maximum Gasteiger partial charge on any atom is 0.243 e. The highest BCUT2D eigenvalue weighted by Crippen LogP contribution is 2.24. The number of aromatic nitrogens is 1. The minimum Gasteiger partial charge on any atom is -0.497 e. The van der Waals surface area contributed by atoms with Crippen LogP contribution in [0.4, 0.5) is 5.69 Å². The van der Waals surface area contributed by atoms with Gasteiger partial charge in [-0.2, -0.15) is 4.72 Å². The van der Waals surface area contributed by atoms with Gasteiger partial charge in [0.2, 0.25) is 21.8 Å². The van der Waals surface area contributed by atoms with Crippen molar-refractivity contribution in [1.29, 1.82) is 0 Å². The molecule has 2 amide bonds. The summed E-state index contributed by atoms with van der Waals surface area (Å²) in [4.78, 5) is 30.2. The minimum absolute atomic E-state index is 0.0555. The lowest BCUT2D eigenvalue weighted by Crippen LogP contribution is -2.43. The van der Waals surface area contributed by atoms with Gasteiger partial charge in [-0.15, -0.1) is 0 Å². The van der Waals surface area contributed by atoms with E-state index in [1.54, 1.807) is 48.8 Å². The molecule has 10 heteroatoms. The second kappa shape index (κ2) is 8.93. The van der Waals surface area contributed by atoms with Crippen LogP contribution in [-0.4, -0.2) is 56.4 Å². The molecular weight excluding hydrogens is 432 g/mol. The molecule has 1 aliphatic heterocycles. The molecular formula is C22H22N4O5S. The molecule has 166 valence electrons. The summed E-state index contributed by atoms with van der Waals surface area (Å²) < 4.78 is 33.5. The summed E-state index contributed by atoms with van der Waals surface area (Å²) in [6.07, 6.45) is 3.37. The summed E-state index contributed by atoms with van der Waals surface area (Å²) in [7, 11) is -2.39. The third kappa shape index (κ3) is 4.71. The summed E-state index contributed by atoms with van der Waals surface area (Å²) in [5.74, 6) is -0.177. The van der Waals surface area contributed by atoms with Crippen LogP contribution < -0.4 is 14.8 Å². The zero-order chi connectivity index (χ0) is 22.7. The first-order chi connectivity index (χ1) is 15.4. The van der Waals surface area contributed by atoms with E-state index in [9.17, 15) is 18.0 Å². The van der Waals surface area contributed by atoms with Gasteiger partial charge in [0, 0.05) is 24.6 Å². The molecule has 1 saturated heterocycles. The molecule has 1 unspecified atom stereocenters. The van der Waals surface area contributed by atoms with E-state index in [0.29, 0.717) is 16.8 Å². The fourth-order valence-electron chi connectivity index (χ4n) is 3.57. The molecule has 1 fully saturated rings. The Morgan fingerprint density at radius 1 is 1.12 bits per heavy atom. The summed E-state index contributed by atoms with van der Waals surface area (Å²) in [6.45, 7) is 0.125. The van der Waals surface area contributed by atoms with E-state index in [-0.39, 0.29) is 30.3 Å². The molecule has 32 heavy (non-hydrogen) atoms. The fraction of sp³-hybridized carbons (Fsp3) is 0.227. The van der Waals surface area contributed by atoms with E-state index in [0.717, 1.165) is 5.39 Å². The third-order valence-electron chi connectivity index (χ3n) is 5.22. The van der Waals surface area contributed by atoms with Gasteiger partial charge in [0.25, 0.3) is 0 Å². The lowest BCUT2D eigenvalue weighted by atomic mass is 10.1. The largest absolute Gasteiger partial charge is 0.497 e. The summed E-state index contributed by atoms with van der Waals surface area (Å²) in [5.41, 5.74) is 0.571. The summed E-state index contributed by atoms with van der Waals surface area (Å²) in [6, 6.07) is 12.5. The molecule has 2 aromatic carbocycles. The zero-order valence-corrected chi connectivity index (χ0v) is 18.1. The smallest absolute Gasteiger partial charge is 0.243 e. The molecule has 3 aromatic rings. The zero-order valence-electron chi connectivity index (χ0n) is 17.3. The Hall–Kier alpha value is -3.50. The van der Waals surface area contributed by atoms with Crippen molar-refractivity contribution < 1.29 is 22.7 Å². The number of benzene rings is 2. The molecule has 1 atom stereocenters. The normalized spacial score (nSPS) is 16.3. The van der Waals surface area contributed by atoms with Gasteiger partial charge < -0.3 is 15.0 Å². The number of nitrogens with zero attached hydrogens (tertiary/aromatic N) is 2. The number of amides is 2. The number of anilines is 1. The van der Waals surface area contributed by atoms with Crippen LogP contribution in [0, 0.1) is 0 Å². The first-order valence-electron chi connectivity index (χ1n) is 9.94. The molecule has 1 aliphatic rings. The number of rotatable bonds is 7.